The van der Waals surface area contributed by atoms with E-state index in [2.05, 4.69) is 20.9 Å². The van der Waals surface area contributed by atoms with E-state index in [0.717, 1.165) is 16.2 Å². The van der Waals surface area contributed by atoms with E-state index in [4.69, 9.17) is 14.2 Å². The van der Waals surface area contributed by atoms with Crippen LogP contribution in [0.25, 0.3) is 17.3 Å². The van der Waals surface area contributed by atoms with E-state index in [1.165, 1.54) is 56.1 Å². The molecule has 0 fully saturated rings. The Bertz CT molecular complexity index is 1990. The predicted octanol–water partition coefficient (Wildman–Crippen LogP) is 7.67. The lowest BCUT2D eigenvalue weighted by Gasteiger charge is -2.15. The van der Waals surface area contributed by atoms with Gasteiger partial charge in [0.15, 0.2) is 16.6 Å². The standard InChI is InChI=1S/C38H36N4O6S2/c1-23-11-13-25(14-12-23)31-22-49-38(41-31)42-35(43)24(2)50-29-17-15-28(16-18-29)39-37(45)30(40-36(44)26-9-7-6-8-10-26)19-27-20-33(47-4)34(48-5)21-32(27)46-3/h6-22,24H,1-5H3,(H,39,45)(H,40,44)(H,41,42,43)/b30-19-. The number of carbonyl (C=O) groups is 3. The summed E-state index contributed by atoms with van der Waals surface area (Å²) in [4.78, 5) is 45.1. The lowest BCUT2D eigenvalue weighted by Crippen LogP contribution is -2.30. The van der Waals surface area contributed by atoms with E-state index < -0.39 is 17.1 Å². The topological polar surface area (TPSA) is 128 Å². The molecule has 0 spiro atoms. The van der Waals surface area contributed by atoms with Gasteiger partial charge in [-0.2, -0.15) is 0 Å². The molecule has 1 atom stereocenters. The first-order valence-corrected chi connectivity index (χ1v) is 17.2. The fraction of sp³-hybridized carbons (Fsp3) is 0.158. The molecule has 1 heterocycles. The van der Waals surface area contributed by atoms with Crippen molar-refractivity contribution in [1.82, 2.24) is 10.3 Å². The highest BCUT2D eigenvalue weighted by molar-refractivity contribution is 8.00. The van der Waals surface area contributed by atoms with Gasteiger partial charge < -0.3 is 30.2 Å². The van der Waals surface area contributed by atoms with Crippen molar-refractivity contribution < 1.29 is 28.6 Å². The number of thiazole rings is 1. The predicted molar refractivity (Wildman–Crippen MR) is 199 cm³/mol. The largest absolute Gasteiger partial charge is 0.496 e. The maximum Gasteiger partial charge on any atom is 0.272 e. The van der Waals surface area contributed by atoms with Crippen LogP contribution in [0.2, 0.25) is 0 Å². The van der Waals surface area contributed by atoms with Gasteiger partial charge in [-0.3, -0.25) is 14.4 Å². The number of anilines is 2. The normalized spacial score (nSPS) is 11.7. The Kier molecular flexibility index (Phi) is 11.9. The Morgan fingerprint density at radius 1 is 0.820 bits per heavy atom. The Balaban J connectivity index is 1.28. The van der Waals surface area contributed by atoms with Gasteiger partial charge in [-0.15, -0.1) is 23.1 Å². The first-order valence-electron chi connectivity index (χ1n) is 15.5. The second kappa shape index (κ2) is 16.7. The minimum Gasteiger partial charge on any atom is -0.496 e. The molecule has 3 amide bonds. The van der Waals surface area contributed by atoms with Crippen molar-refractivity contribution in [1.29, 1.82) is 0 Å². The van der Waals surface area contributed by atoms with Crippen molar-refractivity contribution in [2.24, 2.45) is 0 Å². The molecule has 5 aromatic rings. The smallest absolute Gasteiger partial charge is 0.272 e. The third kappa shape index (κ3) is 9.10. The maximum atomic E-state index is 13.6. The number of nitrogens with zero attached hydrogens (tertiary/aromatic N) is 1. The highest BCUT2D eigenvalue weighted by atomic mass is 32.2. The highest BCUT2D eigenvalue weighted by Crippen LogP contribution is 2.36. The highest BCUT2D eigenvalue weighted by Gasteiger charge is 2.19. The van der Waals surface area contributed by atoms with Crippen LogP contribution in [0.3, 0.4) is 0 Å². The maximum absolute atomic E-state index is 13.6. The van der Waals surface area contributed by atoms with Crippen molar-refractivity contribution in [3.63, 3.8) is 0 Å². The van der Waals surface area contributed by atoms with Crippen LogP contribution in [0.1, 0.15) is 28.4 Å². The summed E-state index contributed by atoms with van der Waals surface area (Å²) in [7, 11) is 4.50. The van der Waals surface area contributed by atoms with E-state index >= 15 is 0 Å². The van der Waals surface area contributed by atoms with Crippen LogP contribution in [-0.2, 0) is 9.59 Å². The van der Waals surface area contributed by atoms with Gasteiger partial charge in [-0.25, -0.2) is 4.98 Å². The van der Waals surface area contributed by atoms with Crippen LogP contribution >= 0.6 is 23.1 Å². The Hall–Kier alpha value is -5.59. The molecule has 256 valence electrons. The zero-order valence-electron chi connectivity index (χ0n) is 28.1. The van der Waals surface area contributed by atoms with Gasteiger partial charge in [-0.1, -0.05) is 48.0 Å². The third-order valence-corrected chi connectivity index (χ3v) is 9.31. The zero-order valence-corrected chi connectivity index (χ0v) is 29.7. The van der Waals surface area contributed by atoms with E-state index in [9.17, 15) is 14.4 Å². The van der Waals surface area contributed by atoms with E-state index in [1.807, 2.05) is 55.6 Å². The number of aryl methyl sites for hydroxylation is 1. The van der Waals surface area contributed by atoms with Gasteiger partial charge in [-0.05, 0) is 62.4 Å². The molecular weight excluding hydrogens is 673 g/mol. The number of rotatable bonds is 13. The lowest BCUT2D eigenvalue weighted by molar-refractivity contribution is -0.115. The van der Waals surface area contributed by atoms with Crippen LogP contribution in [0.5, 0.6) is 17.2 Å². The zero-order chi connectivity index (χ0) is 35.6. The second-order valence-electron chi connectivity index (χ2n) is 11.0. The lowest BCUT2D eigenvalue weighted by atomic mass is 10.1. The third-order valence-electron chi connectivity index (χ3n) is 7.44. The minimum atomic E-state index is -0.562. The first-order chi connectivity index (χ1) is 24.2. The molecule has 0 radical (unpaired) electrons. The fourth-order valence-corrected chi connectivity index (χ4v) is 6.32. The molecule has 0 aliphatic carbocycles. The molecule has 5 rings (SSSR count). The number of thioether (sulfide) groups is 1. The van der Waals surface area contributed by atoms with Crippen LogP contribution in [0.4, 0.5) is 10.8 Å². The van der Waals surface area contributed by atoms with Gasteiger partial charge in [0.2, 0.25) is 5.91 Å². The number of hydrogen-bond acceptors (Lipinski definition) is 9. The number of benzene rings is 4. The summed E-state index contributed by atoms with van der Waals surface area (Å²) < 4.78 is 16.4. The van der Waals surface area contributed by atoms with Crippen LogP contribution in [0.15, 0.2) is 107 Å². The molecule has 0 aliphatic heterocycles. The molecule has 1 unspecified atom stereocenters. The first kappa shape index (κ1) is 35.7. The fourth-order valence-electron chi connectivity index (χ4n) is 4.73. The summed E-state index contributed by atoms with van der Waals surface area (Å²) in [5, 5.41) is 10.5. The second-order valence-corrected chi connectivity index (χ2v) is 13.2. The summed E-state index contributed by atoms with van der Waals surface area (Å²) in [5.74, 6) is 0.0707. The molecule has 0 saturated carbocycles. The number of methoxy groups -OCH3 is 3. The molecule has 0 aliphatic rings. The van der Waals surface area contributed by atoms with Gasteiger partial charge in [0.25, 0.3) is 11.8 Å². The number of hydrogen-bond donors (Lipinski definition) is 3. The molecule has 50 heavy (non-hydrogen) atoms. The number of nitrogens with one attached hydrogen (secondary N) is 3. The molecule has 0 bridgehead atoms. The monoisotopic (exact) mass is 708 g/mol. The van der Waals surface area contributed by atoms with Crippen molar-refractivity contribution in [2.75, 3.05) is 32.0 Å². The van der Waals surface area contributed by atoms with Crippen molar-refractivity contribution in [3.8, 4) is 28.5 Å². The Morgan fingerprint density at radius 2 is 1.48 bits per heavy atom. The molecule has 0 saturated heterocycles. The minimum absolute atomic E-state index is 0.0270. The van der Waals surface area contributed by atoms with E-state index in [1.54, 1.807) is 54.6 Å². The van der Waals surface area contributed by atoms with Crippen molar-refractivity contribution in [2.45, 2.75) is 24.0 Å². The van der Waals surface area contributed by atoms with Crippen molar-refractivity contribution >= 4 is 57.7 Å². The summed E-state index contributed by atoms with van der Waals surface area (Å²) >= 11 is 2.75. The van der Waals surface area contributed by atoms with Crippen LogP contribution < -0.4 is 30.2 Å². The van der Waals surface area contributed by atoms with Crippen molar-refractivity contribution in [3.05, 3.63) is 119 Å². The SMILES string of the molecule is COc1cc(OC)c(OC)cc1/C=C(\NC(=O)c1ccccc1)C(=O)Nc1ccc(SC(C)C(=O)Nc2nc(-c3ccc(C)cc3)cs2)cc1. The molecular formula is C38H36N4O6S2. The van der Waals surface area contributed by atoms with Gasteiger partial charge in [0.05, 0.1) is 32.3 Å². The van der Waals surface area contributed by atoms with Crippen LogP contribution in [0, 0.1) is 6.92 Å². The molecule has 10 nitrogen and oxygen atoms in total. The molecule has 1 aromatic heterocycles. The van der Waals surface area contributed by atoms with Gasteiger partial charge >= 0.3 is 0 Å². The molecule has 12 heteroatoms. The average molecular weight is 709 g/mol. The molecule has 3 N–H and O–H groups in total. The van der Waals surface area contributed by atoms with Gasteiger partial charge in [0, 0.05) is 38.7 Å². The summed E-state index contributed by atoms with van der Waals surface area (Å²) in [6.07, 6.45) is 1.51. The summed E-state index contributed by atoms with van der Waals surface area (Å²) in [5.41, 5.74) is 4.29. The Morgan fingerprint density at radius 3 is 2.14 bits per heavy atom. The number of aromatic nitrogens is 1. The van der Waals surface area contributed by atoms with Crippen LogP contribution in [-0.4, -0.2) is 49.3 Å². The average Bonchev–Trinajstić information content (AvgIpc) is 3.60. The molecule has 4 aromatic carbocycles. The summed E-state index contributed by atoms with van der Waals surface area (Å²) in [6.45, 7) is 3.85. The van der Waals surface area contributed by atoms with Gasteiger partial charge in [0.1, 0.15) is 11.4 Å². The Labute approximate surface area is 298 Å². The number of amides is 3. The number of ether oxygens (including phenoxy) is 3. The quantitative estimate of drug-likeness (QED) is 0.0840. The summed E-state index contributed by atoms with van der Waals surface area (Å²) in [6, 6.07) is 27.0. The number of carbonyl (C=O) groups excluding carboxylic acids is 3. The van der Waals surface area contributed by atoms with E-state index in [-0.39, 0.29) is 11.6 Å². The van der Waals surface area contributed by atoms with E-state index in [0.29, 0.717) is 39.2 Å².